The quantitative estimate of drug-likeness (QED) is 0.774. The molecular weight excluding hydrogens is 200 g/mol. The van der Waals surface area contributed by atoms with Crippen LogP contribution in [0.2, 0.25) is 0 Å². The largest absolute Gasteiger partial charge is 0.493 e. The summed E-state index contributed by atoms with van der Waals surface area (Å²) >= 11 is 0. The molecule has 0 amide bonds. The zero-order valence-corrected chi connectivity index (χ0v) is 10.2. The van der Waals surface area contributed by atoms with Gasteiger partial charge in [0.25, 0.3) is 0 Å². The highest BCUT2D eigenvalue weighted by atomic mass is 16.5. The first-order chi connectivity index (χ1) is 7.75. The maximum atomic E-state index is 5.70. The van der Waals surface area contributed by atoms with Crippen LogP contribution in [0.3, 0.4) is 0 Å². The summed E-state index contributed by atoms with van der Waals surface area (Å²) in [6, 6.07) is 6.20. The van der Waals surface area contributed by atoms with Gasteiger partial charge in [-0.2, -0.15) is 0 Å². The Morgan fingerprint density at radius 3 is 3.06 bits per heavy atom. The van der Waals surface area contributed by atoms with E-state index in [4.69, 9.17) is 9.47 Å². The molecule has 0 aromatic heterocycles. The minimum atomic E-state index is 0.689. The molecule has 2 nitrogen and oxygen atoms in total. The number of benzene rings is 1. The SMILES string of the molecule is CC(C)CCOc1ccc2c(c1)OCCC2. The lowest BCUT2D eigenvalue weighted by atomic mass is 10.1. The molecule has 0 unspecified atom stereocenters. The van der Waals surface area contributed by atoms with Gasteiger partial charge in [0.15, 0.2) is 0 Å². The van der Waals surface area contributed by atoms with E-state index >= 15 is 0 Å². The summed E-state index contributed by atoms with van der Waals surface area (Å²) in [5.74, 6) is 2.63. The van der Waals surface area contributed by atoms with Gasteiger partial charge in [0.1, 0.15) is 11.5 Å². The summed E-state index contributed by atoms with van der Waals surface area (Å²) in [5, 5.41) is 0. The summed E-state index contributed by atoms with van der Waals surface area (Å²) in [6.07, 6.45) is 3.35. The van der Waals surface area contributed by atoms with Crippen LogP contribution in [0.15, 0.2) is 18.2 Å². The molecule has 2 heteroatoms. The first-order valence-corrected chi connectivity index (χ1v) is 6.14. The van der Waals surface area contributed by atoms with E-state index in [0.717, 1.165) is 44.0 Å². The Hall–Kier alpha value is -1.18. The summed E-state index contributed by atoms with van der Waals surface area (Å²) in [7, 11) is 0. The molecule has 0 spiro atoms. The van der Waals surface area contributed by atoms with E-state index in [1.54, 1.807) is 0 Å². The first-order valence-electron chi connectivity index (χ1n) is 6.14. The van der Waals surface area contributed by atoms with Gasteiger partial charge >= 0.3 is 0 Å². The van der Waals surface area contributed by atoms with Gasteiger partial charge in [0, 0.05) is 6.07 Å². The van der Waals surface area contributed by atoms with Gasteiger partial charge in [0.05, 0.1) is 13.2 Å². The second-order valence-corrected chi connectivity index (χ2v) is 4.75. The summed E-state index contributed by atoms with van der Waals surface area (Å²) in [5.41, 5.74) is 1.31. The van der Waals surface area contributed by atoms with Gasteiger partial charge in [-0.15, -0.1) is 0 Å². The predicted octanol–water partition coefficient (Wildman–Crippen LogP) is 3.44. The van der Waals surface area contributed by atoms with Crippen LogP contribution >= 0.6 is 0 Å². The Labute approximate surface area is 97.6 Å². The molecule has 0 radical (unpaired) electrons. The lowest BCUT2D eigenvalue weighted by Gasteiger charge is -2.18. The van der Waals surface area contributed by atoms with Crippen LogP contribution in [-0.4, -0.2) is 13.2 Å². The smallest absolute Gasteiger partial charge is 0.126 e. The van der Waals surface area contributed by atoms with Crippen LogP contribution in [0, 0.1) is 5.92 Å². The van der Waals surface area contributed by atoms with Gasteiger partial charge in [-0.1, -0.05) is 19.9 Å². The van der Waals surface area contributed by atoms with Crippen molar-refractivity contribution < 1.29 is 9.47 Å². The summed E-state index contributed by atoms with van der Waals surface area (Å²) in [6.45, 7) is 6.04. The maximum Gasteiger partial charge on any atom is 0.126 e. The Morgan fingerprint density at radius 2 is 2.25 bits per heavy atom. The second-order valence-electron chi connectivity index (χ2n) is 4.75. The molecule has 1 heterocycles. The number of hydrogen-bond donors (Lipinski definition) is 0. The monoisotopic (exact) mass is 220 g/mol. The van der Waals surface area contributed by atoms with Gasteiger partial charge in [-0.3, -0.25) is 0 Å². The Bertz CT molecular complexity index is 345. The first kappa shape index (κ1) is 11.3. The third-order valence-electron chi connectivity index (χ3n) is 2.85. The molecule has 1 aromatic rings. The minimum absolute atomic E-state index is 0.689. The van der Waals surface area contributed by atoms with Crippen molar-refractivity contribution in [3.63, 3.8) is 0 Å². The van der Waals surface area contributed by atoms with E-state index in [2.05, 4.69) is 19.9 Å². The standard InChI is InChI=1S/C14H20O2/c1-11(2)7-9-15-13-6-5-12-4-3-8-16-14(12)10-13/h5-6,10-11H,3-4,7-9H2,1-2H3. The molecular formula is C14H20O2. The van der Waals surface area contributed by atoms with Crippen molar-refractivity contribution in [1.29, 1.82) is 0 Å². The number of ether oxygens (including phenoxy) is 2. The number of hydrogen-bond acceptors (Lipinski definition) is 2. The van der Waals surface area contributed by atoms with Crippen molar-refractivity contribution >= 4 is 0 Å². The predicted molar refractivity (Wildman–Crippen MR) is 65.2 cm³/mol. The van der Waals surface area contributed by atoms with E-state index in [-0.39, 0.29) is 0 Å². The zero-order chi connectivity index (χ0) is 11.4. The Morgan fingerprint density at radius 1 is 1.38 bits per heavy atom. The highest BCUT2D eigenvalue weighted by Crippen LogP contribution is 2.29. The van der Waals surface area contributed by atoms with Crippen molar-refractivity contribution in [1.82, 2.24) is 0 Å². The van der Waals surface area contributed by atoms with Crippen LogP contribution in [0.25, 0.3) is 0 Å². The lowest BCUT2D eigenvalue weighted by molar-refractivity contribution is 0.273. The Kier molecular flexibility index (Phi) is 3.70. The molecule has 0 bridgehead atoms. The van der Waals surface area contributed by atoms with Gasteiger partial charge in [-0.25, -0.2) is 0 Å². The average molecular weight is 220 g/mol. The van der Waals surface area contributed by atoms with E-state index in [0.29, 0.717) is 5.92 Å². The lowest BCUT2D eigenvalue weighted by Crippen LogP contribution is -2.08. The average Bonchev–Trinajstić information content (AvgIpc) is 2.28. The van der Waals surface area contributed by atoms with Crippen LogP contribution in [0.4, 0.5) is 0 Å². The Balaban J connectivity index is 1.95. The van der Waals surface area contributed by atoms with Crippen LogP contribution in [0.1, 0.15) is 32.3 Å². The summed E-state index contributed by atoms with van der Waals surface area (Å²) in [4.78, 5) is 0. The van der Waals surface area contributed by atoms with Gasteiger partial charge in [0.2, 0.25) is 0 Å². The molecule has 0 saturated carbocycles. The van der Waals surface area contributed by atoms with Crippen molar-refractivity contribution in [3.8, 4) is 11.5 Å². The third kappa shape index (κ3) is 2.91. The van der Waals surface area contributed by atoms with E-state index < -0.39 is 0 Å². The van der Waals surface area contributed by atoms with Gasteiger partial charge < -0.3 is 9.47 Å². The normalized spacial score (nSPS) is 14.4. The number of aryl methyl sites for hydroxylation is 1. The molecule has 0 N–H and O–H groups in total. The van der Waals surface area contributed by atoms with Gasteiger partial charge in [-0.05, 0) is 36.8 Å². The summed E-state index contributed by atoms with van der Waals surface area (Å²) < 4.78 is 11.3. The topological polar surface area (TPSA) is 18.5 Å². The molecule has 1 aliphatic rings. The van der Waals surface area contributed by atoms with Crippen LogP contribution in [0.5, 0.6) is 11.5 Å². The molecule has 0 aliphatic carbocycles. The van der Waals surface area contributed by atoms with Crippen molar-refractivity contribution in [2.45, 2.75) is 33.1 Å². The molecule has 1 aromatic carbocycles. The van der Waals surface area contributed by atoms with Crippen LogP contribution < -0.4 is 9.47 Å². The van der Waals surface area contributed by atoms with E-state index in [1.807, 2.05) is 12.1 Å². The fourth-order valence-electron chi connectivity index (χ4n) is 1.82. The maximum absolute atomic E-state index is 5.70. The molecule has 88 valence electrons. The highest BCUT2D eigenvalue weighted by Gasteiger charge is 2.10. The molecule has 0 saturated heterocycles. The zero-order valence-electron chi connectivity index (χ0n) is 10.2. The van der Waals surface area contributed by atoms with E-state index in [9.17, 15) is 0 Å². The molecule has 0 atom stereocenters. The molecule has 0 fully saturated rings. The molecule has 1 aliphatic heterocycles. The van der Waals surface area contributed by atoms with Crippen molar-refractivity contribution in [2.75, 3.05) is 13.2 Å². The van der Waals surface area contributed by atoms with Crippen molar-refractivity contribution in [2.24, 2.45) is 5.92 Å². The number of rotatable bonds is 4. The number of fused-ring (bicyclic) bond motifs is 1. The van der Waals surface area contributed by atoms with Crippen molar-refractivity contribution in [3.05, 3.63) is 23.8 Å². The molecule has 16 heavy (non-hydrogen) atoms. The highest BCUT2D eigenvalue weighted by molar-refractivity contribution is 5.41. The fourth-order valence-corrected chi connectivity index (χ4v) is 1.82. The van der Waals surface area contributed by atoms with E-state index in [1.165, 1.54) is 5.56 Å². The minimum Gasteiger partial charge on any atom is -0.493 e. The third-order valence-corrected chi connectivity index (χ3v) is 2.85. The van der Waals surface area contributed by atoms with Crippen LogP contribution in [-0.2, 0) is 6.42 Å². The molecule has 2 rings (SSSR count). The fraction of sp³-hybridized carbons (Fsp3) is 0.571. The second kappa shape index (κ2) is 5.24.